The van der Waals surface area contributed by atoms with Gasteiger partial charge in [0.1, 0.15) is 6.33 Å². The minimum Gasteiger partial charge on any atom is -0.391 e. The summed E-state index contributed by atoms with van der Waals surface area (Å²) in [6, 6.07) is 0.405. The minimum atomic E-state index is -0.106. The summed E-state index contributed by atoms with van der Waals surface area (Å²) < 4.78 is 1.79. The van der Waals surface area contributed by atoms with Crippen LogP contribution in [0.4, 0.5) is 0 Å². The van der Waals surface area contributed by atoms with E-state index in [1.807, 2.05) is 0 Å². The molecule has 0 radical (unpaired) electrons. The lowest BCUT2D eigenvalue weighted by atomic mass is 9.91. The summed E-state index contributed by atoms with van der Waals surface area (Å²) in [5.41, 5.74) is 0. The molecule has 0 aromatic carbocycles. The number of hydrogen-bond acceptors (Lipinski definition) is 6. The van der Waals surface area contributed by atoms with Crippen molar-refractivity contribution in [1.82, 2.24) is 30.0 Å². The lowest BCUT2D eigenvalue weighted by molar-refractivity contribution is -0.00375. The minimum absolute atomic E-state index is 0.106. The van der Waals surface area contributed by atoms with Crippen molar-refractivity contribution in [3.8, 4) is 0 Å². The van der Waals surface area contributed by atoms with Crippen LogP contribution in [0.3, 0.4) is 0 Å². The van der Waals surface area contributed by atoms with Gasteiger partial charge in [0.05, 0.1) is 6.10 Å². The second kappa shape index (κ2) is 7.29. The molecule has 1 aliphatic carbocycles. The summed E-state index contributed by atoms with van der Waals surface area (Å²) in [6.45, 7) is 6.38. The maximum Gasteiger partial charge on any atom is 0.138 e. The van der Waals surface area contributed by atoms with Crippen LogP contribution < -0.4 is 0 Å². The van der Waals surface area contributed by atoms with Crippen LogP contribution in [0.5, 0.6) is 0 Å². The highest BCUT2D eigenvalue weighted by Crippen LogP contribution is 2.24. The zero-order chi connectivity index (χ0) is 14.5. The molecule has 7 nitrogen and oxygen atoms in total. The van der Waals surface area contributed by atoms with Gasteiger partial charge < -0.3 is 10.0 Å². The second-order valence-corrected chi connectivity index (χ2v) is 6.22. The van der Waals surface area contributed by atoms with Crippen LogP contribution in [0.1, 0.15) is 32.1 Å². The van der Waals surface area contributed by atoms with Crippen molar-refractivity contribution in [3.63, 3.8) is 0 Å². The zero-order valence-electron chi connectivity index (χ0n) is 12.6. The summed E-state index contributed by atoms with van der Waals surface area (Å²) in [6.07, 6.45) is 7.25. The molecule has 0 amide bonds. The van der Waals surface area contributed by atoms with Crippen molar-refractivity contribution in [3.05, 3.63) is 6.33 Å². The third kappa shape index (κ3) is 3.99. The molecule has 0 unspecified atom stereocenters. The van der Waals surface area contributed by atoms with E-state index < -0.39 is 0 Å². The summed E-state index contributed by atoms with van der Waals surface area (Å²) in [4.78, 5) is 5.01. The highest BCUT2D eigenvalue weighted by atomic mass is 16.3. The SMILES string of the molecule is O[C@H]1CCCC[C@@H]1N1CCN(CCCn2cnnn2)CC1. The molecule has 0 spiro atoms. The fraction of sp³-hybridized carbons (Fsp3) is 0.929. The number of hydrogen-bond donors (Lipinski definition) is 1. The first-order valence-corrected chi connectivity index (χ1v) is 8.18. The van der Waals surface area contributed by atoms with Crippen molar-refractivity contribution in [2.75, 3.05) is 32.7 Å². The topological polar surface area (TPSA) is 70.3 Å². The van der Waals surface area contributed by atoms with Gasteiger partial charge >= 0.3 is 0 Å². The lowest BCUT2D eigenvalue weighted by Crippen LogP contribution is -2.54. The van der Waals surface area contributed by atoms with Crippen molar-refractivity contribution in [1.29, 1.82) is 0 Å². The average molecular weight is 294 g/mol. The number of aliphatic hydroxyl groups is 1. The predicted octanol–water partition coefficient (Wildman–Crippen LogP) is -0.0157. The van der Waals surface area contributed by atoms with E-state index in [0.717, 1.165) is 52.1 Å². The highest BCUT2D eigenvalue weighted by Gasteiger charge is 2.30. The van der Waals surface area contributed by atoms with Gasteiger partial charge in [-0.1, -0.05) is 12.8 Å². The molecule has 1 N–H and O–H groups in total. The first-order chi connectivity index (χ1) is 10.3. The normalized spacial score (nSPS) is 28.8. The zero-order valence-corrected chi connectivity index (χ0v) is 12.6. The lowest BCUT2D eigenvalue weighted by Gasteiger charge is -2.42. The quantitative estimate of drug-likeness (QED) is 0.823. The van der Waals surface area contributed by atoms with E-state index in [-0.39, 0.29) is 6.10 Å². The number of aliphatic hydroxyl groups excluding tert-OH is 1. The monoisotopic (exact) mass is 294 g/mol. The Labute approximate surface area is 125 Å². The van der Waals surface area contributed by atoms with Crippen LogP contribution in [0.2, 0.25) is 0 Å². The van der Waals surface area contributed by atoms with E-state index in [2.05, 4.69) is 25.3 Å². The van der Waals surface area contributed by atoms with E-state index in [0.29, 0.717) is 6.04 Å². The van der Waals surface area contributed by atoms with Crippen LogP contribution in [-0.4, -0.2) is 80.0 Å². The number of aryl methyl sites for hydroxylation is 1. The fourth-order valence-electron chi connectivity index (χ4n) is 3.58. The smallest absolute Gasteiger partial charge is 0.138 e. The molecule has 1 aliphatic heterocycles. The van der Waals surface area contributed by atoms with Gasteiger partial charge in [-0.2, -0.15) is 0 Å². The molecule has 2 heterocycles. The maximum atomic E-state index is 10.2. The molecule has 7 heteroatoms. The molecule has 118 valence electrons. The van der Waals surface area contributed by atoms with Gasteiger partial charge in [0.25, 0.3) is 0 Å². The summed E-state index contributed by atoms with van der Waals surface area (Å²) >= 11 is 0. The predicted molar refractivity (Wildman–Crippen MR) is 78.7 cm³/mol. The molecule has 1 aromatic rings. The van der Waals surface area contributed by atoms with Crippen LogP contribution in [0.25, 0.3) is 0 Å². The average Bonchev–Trinajstić information content (AvgIpc) is 3.02. The van der Waals surface area contributed by atoms with Gasteiger partial charge in [0, 0.05) is 45.3 Å². The van der Waals surface area contributed by atoms with Crippen molar-refractivity contribution in [2.24, 2.45) is 0 Å². The molecule has 0 bridgehead atoms. The van der Waals surface area contributed by atoms with E-state index in [4.69, 9.17) is 0 Å². The van der Waals surface area contributed by atoms with Crippen LogP contribution in [-0.2, 0) is 6.54 Å². The Balaban J connectivity index is 1.36. The standard InChI is InChI=1S/C14H26N6O/c21-14-5-2-1-4-13(14)19-10-8-18(9-11-19)6-3-7-20-12-15-16-17-20/h12-14,21H,1-11H2/t13-,14-/m0/s1. The third-order valence-electron chi connectivity index (χ3n) is 4.82. The van der Waals surface area contributed by atoms with Crippen molar-refractivity contribution in [2.45, 2.75) is 50.8 Å². The summed E-state index contributed by atoms with van der Waals surface area (Å²) in [7, 11) is 0. The number of tetrazole rings is 1. The molecule has 1 aromatic heterocycles. The van der Waals surface area contributed by atoms with E-state index in [1.165, 1.54) is 19.3 Å². The first kappa shape index (κ1) is 14.9. The van der Waals surface area contributed by atoms with Crippen LogP contribution >= 0.6 is 0 Å². The number of rotatable bonds is 5. The van der Waals surface area contributed by atoms with Gasteiger partial charge in [-0.3, -0.25) is 4.90 Å². The van der Waals surface area contributed by atoms with E-state index in [1.54, 1.807) is 11.0 Å². The molecule has 2 atom stereocenters. The first-order valence-electron chi connectivity index (χ1n) is 8.18. The van der Waals surface area contributed by atoms with Gasteiger partial charge in [-0.05, 0) is 29.7 Å². The molecule has 2 fully saturated rings. The van der Waals surface area contributed by atoms with Crippen molar-refractivity contribution >= 4 is 0 Å². The Hall–Kier alpha value is -1.05. The van der Waals surface area contributed by atoms with Crippen LogP contribution in [0, 0.1) is 0 Å². The van der Waals surface area contributed by atoms with E-state index in [9.17, 15) is 5.11 Å². The van der Waals surface area contributed by atoms with Gasteiger partial charge in [0.15, 0.2) is 0 Å². The number of piperazine rings is 1. The molecule has 1 saturated carbocycles. The molecule has 1 saturated heterocycles. The van der Waals surface area contributed by atoms with E-state index >= 15 is 0 Å². The largest absolute Gasteiger partial charge is 0.391 e. The number of aromatic nitrogens is 4. The Morgan fingerprint density at radius 3 is 2.57 bits per heavy atom. The molecule has 21 heavy (non-hydrogen) atoms. The fourth-order valence-corrected chi connectivity index (χ4v) is 3.58. The number of nitrogens with zero attached hydrogens (tertiary/aromatic N) is 6. The molecular formula is C14H26N6O. The molecular weight excluding hydrogens is 268 g/mol. The Bertz CT molecular complexity index is 404. The maximum absolute atomic E-state index is 10.2. The molecule has 2 aliphatic rings. The van der Waals surface area contributed by atoms with Gasteiger partial charge in [-0.25, -0.2) is 4.68 Å². The van der Waals surface area contributed by atoms with Gasteiger partial charge in [0.2, 0.25) is 0 Å². The Morgan fingerprint density at radius 1 is 1.05 bits per heavy atom. The Kier molecular flexibility index (Phi) is 5.16. The summed E-state index contributed by atoms with van der Waals surface area (Å²) in [5.74, 6) is 0. The van der Waals surface area contributed by atoms with Crippen LogP contribution in [0.15, 0.2) is 6.33 Å². The Morgan fingerprint density at radius 2 is 1.86 bits per heavy atom. The third-order valence-corrected chi connectivity index (χ3v) is 4.82. The molecule has 3 rings (SSSR count). The highest BCUT2D eigenvalue weighted by molar-refractivity contribution is 4.86. The second-order valence-electron chi connectivity index (χ2n) is 6.22. The van der Waals surface area contributed by atoms with Crippen molar-refractivity contribution < 1.29 is 5.11 Å². The summed E-state index contributed by atoms with van der Waals surface area (Å²) in [5, 5.41) is 21.3. The van der Waals surface area contributed by atoms with Gasteiger partial charge in [-0.15, -0.1) is 5.10 Å².